The topological polar surface area (TPSA) is 86.2 Å². The largest absolute Gasteiger partial charge is 0.383 e. The zero-order valence-corrected chi connectivity index (χ0v) is 8.45. The van der Waals surface area contributed by atoms with Crippen molar-refractivity contribution >= 4 is 5.82 Å². The molecule has 0 fully saturated rings. The fraction of sp³-hybridized carbons (Fsp3) is 0.444. The molecule has 0 aliphatic heterocycles. The lowest BCUT2D eigenvalue weighted by Crippen LogP contribution is -2.32. The lowest BCUT2D eigenvalue weighted by molar-refractivity contribution is 0.167. The zero-order valence-electron chi connectivity index (χ0n) is 8.45. The van der Waals surface area contributed by atoms with Gasteiger partial charge in [0, 0.05) is 18.9 Å². The molecular weight excluding hydrogens is 180 g/mol. The van der Waals surface area contributed by atoms with E-state index in [1.165, 1.54) is 0 Å². The number of nitrogens with two attached hydrogens (primary N) is 2. The number of rotatable bonds is 4. The molecule has 0 spiro atoms. The van der Waals surface area contributed by atoms with E-state index in [1.807, 2.05) is 13.0 Å². The van der Waals surface area contributed by atoms with Gasteiger partial charge in [-0.25, -0.2) is 4.98 Å². The summed E-state index contributed by atoms with van der Waals surface area (Å²) in [7, 11) is 1.62. The Morgan fingerprint density at radius 2 is 2.36 bits per heavy atom. The van der Waals surface area contributed by atoms with Gasteiger partial charge in [0.05, 0.1) is 12.6 Å². The molecule has 0 aliphatic rings. The number of hydrogen-bond acceptors (Lipinski definition) is 5. The minimum absolute atomic E-state index is 0.117. The maximum absolute atomic E-state index is 5.77. The summed E-state index contributed by atoms with van der Waals surface area (Å²) in [6, 6.07) is 1.78. The van der Waals surface area contributed by atoms with E-state index in [4.69, 9.17) is 16.3 Å². The lowest BCUT2D eigenvalue weighted by Gasteiger charge is -2.18. The van der Waals surface area contributed by atoms with Crippen LogP contribution < -0.4 is 17.0 Å². The van der Waals surface area contributed by atoms with Gasteiger partial charge in [0.25, 0.3) is 0 Å². The third-order valence-electron chi connectivity index (χ3n) is 2.12. The highest BCUT2D eigenvalue weighted by Gasteiger charge is 2.15. The minimum atomic E-state index is -0.117. The first kappa shape index (κ1) is 10.9. The number of ether oxygens (including phenoxy) is 1. The molecule has 0 bridgehead atoms. The van der Waals surface area contributed by atoms with Crippen LogP contribution in [0.3, 0.4) is 0 Å². The summed E-state index contributed by atoms with van der Waals surface area (Å²) in [5.74, 6) is 5.91. The fourth-order valence-electron chi connectivity index (χ4n) is 1.43. The third kappa shape index (κ3) is 2.20. The lowest BCUT2D eigenvalue weighted by atomic mass is 10.0. The monoisotopic (exact) mass is 196 g/mol. The highest BCUT2D eigenvalue weighted by atomic mass is 16.5. The Balaban J connectivity index is 3.02. The van der Waals surface area contributed by atoms with Crippen molar-refractivity contribution in [2.45, 2.75) is 13.0 Å². The van der Waals surface area contributed by atoms with Crippen LogP contribution in [0.1, 0.15) is 17.2 Å². The average Bonchev–Trinajstić information content (AvgIpc) is 2.16. The van der Waals surface area contributed by atoms with Crippen LogP contribution in [-0.4, -0.2) is 18.7 Å². The molecule has 5 N–H and O–H groups in total. The number of aryl methyl sites for hydroxylation is 1. The van der Waals surface area contributed by atoms with E-state index in [9.17, 15) is 0 Å². The van der Waals surface area contributed by atoms with Crippen molar-refractivity contribution in [2.75, 3.05) is 19.5 Å². The van der Waals surface area contributed by atoms with Crippen LogP contribution in [0.4, 0.5) is 5.82 Å². The quantitative estimate of drug-likeness (QED) is 0.470. The van der Waals surface area contributed by atoms with Gasteiger partial charge in [-0.2, -0.15) is 0 Å². The number of nitrogens with one attached hydrogen (secondary N) is 1. The molecule has 0 amide bonds. The van der Waals surface area contributed by atoms with Gasteiger partial charge < -0.3 is 10.5 Å². The first-order chi connectivity index (χ1) is 6.70. The number of anilines is 1. The summed E-state index contributed by atoms with van der Waals surface area (Å²) in [6.07, 6.45) is 1.68. The van der Waals surface area contributed by atoms with Gasteiger partial charge >= 0.3 is 0 Å². The van der Waals surface area contributed by atoms with Crippen LogP contribution in [0, 0.1) is 6.92 Å². The molecule has 78 valence electrons. The van der Waals surface area contributed by atoms with Crippen molar-refractivity contribution in [3.05, 3.63) is 23.4 Å². The van der Waals surface area contributed by atoms with Crippen LogP contribution in [0.5, 0.6) is 0 Å². The van der Waals surface area contributed by atoms with E-state index >= 15 is 0 Å². The second-order valence-corrected chi connectivity index (χ2v) is 3.10. The smallest absolute Gasteiger partial charge is 0.128 e. The van der Waals surface area contributed by atoms with Crippen LogP contribution in [-0.2, 0) is 4.74 Å². The number of pyridine rings is 1. The van der Waals surface area contributed by atoms with Gasteiger partial charge in [0.15, 0.2) is 0 Å². The van der Waals surface area contributed by atoms with E-state index in [1.54, 1.807) is 13.3 Å². The van der Waals surface area contributed by atoms with Gasteiger partial charge in [-0.15, -0.1) is 0 Å². The minimum Gasteiger partial charge on any atom is -0.383 e. The maximum atomic E-state index is 5.77. The summed E-state index contributed by atoms with van der Waals surface area (Å²) >= 11 is 0. The molecular formula is C9H16N4O. The van der Waals surface area contributed by atoms with E-state index < -0.39 is 0 Å². The third-order valence-corrected chi connectivity index (χ3v) is 2.12. The molecule has 14 heavy (non-hydrogen) atoms. The second kappa shape index (κ2) is 4.90. The van der Waals surface area contributed by atoms with E-state index in [0.717, 1.165) is 11.1 Å². The predicted octanol–water partition coefficient (Wildman–Crippen LogP) is 0.123. The molecule has 1 aromatic heterocycles. The molecule has 5 nitrogen and oxygen atoms in total. The molecule has 0 aromatic carbocycles. The number of hydrazine groups is 1. The summed E-state index contributed by atoms with van der Waals surface area (Å²) in [5, 5.41) is 0. The molecule has 0 aliphatic carbocycles. The number of nitrogen functional groups attached to an aromatic ring is 1. The Kier molecular flexibility index (Phi) is 3.82. The highest BCUT2D eigenvalue weighted by molar-refractivity contribution is 5.46. The first-order valence-electron chi connectivity index (χ1n) is 4.36. The average molecular weight is 196 g/mol. The molecule has 5 heteroatoms. The summed E-state index contributed by atoms with van der Waals surface area (Å²) in [6.45, 7) is 2.43. The van der Waals surface area contributed by atoms with E-state index in [-0.39, 0.29) is 6.04 Å². The van der Waals surface area contributed by atoms with Gasteiger partial charge in [-0.3, -0.25) is 11.3 Å². The van der Waals surface area contributed by atoms with Crippen molar-refractivity contribution in [1.29, 1.82) is 0 Å². The van der Waals surface area contributed by atoms with Crippen molar-refractivity contribution in [3.63, 3.8) is 0 Å². The Labute approximate surface area is 83.4 Å². The van der Waals surface area contributed by atoms with Crippen molar-refractivity contribution in [1.82, 2.24) is 10.4 Å². The Morgan fingerprint density at radius 3 is 2.86 bits per heavy atom. The molecule has 0 saturated carbocycles. The molecule has 1 heterocycles. The summed E-state index contributed by atoms with van der Waals surface area (Å²) < 4.78 is 5.03. The molecule has 1 unspecified atom stereocenters. The van der Waals surface area contributed by atoms with Gasteiger partial charge in [-0.1, -0.05) is 0 Å². The van der Waals surface area contributed by atoms with Crippen molar-refractivity contribution in [3.8, 4) is 0 Å². The highest BCUT2D eigenvalue weighted by Crippen LogP contribution is 2.21. The number of nitrogens with zero attached hydrogens (tertiary/aromatic N) is 1. The van der Waals surface area contributed by atoms with Crippen LogP contribution in [0.25, 0.3) is 0 Å². The SMILES string of the molecule is COCC(NN)c1c(C)ccnc1N. The van der Waals surface area contributed by atoms with Gasteiger partial charge in [0.1, 0.15) is 5.82 Å². The molecule has 1 aromatic rings. The number of methoxy groups -OCH3 is 1. The second-order valence-electron chi connectivity index (χ2n) is 3.10. The first-order valence-corrected chi connectivity index (χ1v) is 4.36. The normalized spacial score (nSPS) is 12.8. The van der Waals surface area contributed by atoms with Crippen molar-refractivity contribution < 1.29 is 4.74 Å². The van der Waals surface area contributed by atoms with Crippen molar-refractivity contribution in [2.24, 2.45) is 5.84 Å². The van der Waals surface area contributed by atoms with E-state index in [2.05, 4.69) is 10.4 Å². The Bertz CT molecular complexity index is 283. The fourth-order valence-corrected chi connectivity index (χ4v) is 1.43. The van der Waals surface area contributed by atoms with Crippen LogP contribution >= 0.6 is 0 Å². The molecule has 0 saturated heterocycles. The Hall–Kier alpha value is -1.17. The molecule has 1 atom stereocenters. The maximum Gasteiger partial charge on any atom is 0.128 e. The Morgan fingerprint density at radius 1 is 1.64 bits per heavy atom. The van der Waals surface area contributed by atoms with Gasteiger partial charge in [0.2, 0.25) is 0 Å². The van der Waals surface area contributed by atoms with Crippen LogP contribution in [0.15, 0.2) is 12.3 Å². The van der Waals surface area contributed by atoms with Gasteiger partial charge in [-0.05, 0) is 18.6 Å². The summed E-state index contributed by atoms with van der Waals surface area (Å²) in [4.78, 5) is 4.02. The number of aromatic nitrogens is 1. The molecule has 0 radical (unpaired) electrons. The zero-order chi connectivity index (χ0) is 10.6. The number of hydrogen-bond donors (Lipinski definition) is 3. The van der Waals surface area contributed by atoms with Crippen LogP contribution in [0.2, 0.25) is 0 Å². The summed E-state index contributed by atoms with van der Waals surface area (Å²) in [5.41, 5.74) is 10.4. The van der Waals surface area contributed by atoms with E-state index in [0.29, 0.717) is 12.4 Å². The molecule has 1 rings (SSSR count). The standard InChI is InChI=1S/C9H16N4O/c1-6-3-4-12-9(10)8(6)7(13-11)5-14-2/h3-4,7,13H,5,11H2,1-2H3,(H2,10,12). The predicted molar refractivity (Wildman–Crippen MR) is 55.3 cm³/mol.